The van der Waals surface area contributed by atoms with E-state index in [0.717, 1.165) is 30.3 Å². The van der Waals surface area contributed by atoms with Crippen LogP contribution in [0.4, 0.5) is 5.82 Å². The number of rotatable bonds is 7. The summed E-state index contributed by atoms with van der Waals surface area (Å²) in [6, 6.07) is 12.8. The van der Waals surface area contributed by atoms with Crippen molar-refractivity contribution in [3.05, 3.63) is 59.3 Å². The lowest BCUT2D eigenvalue weighted by molar-refractivity contribution is 0.965. The van der Waals surface area contributed by atoms with Gasteiger partial charge < -0.3 is 5.32 Å². The van der Waals surface area contributed by atoms with Gasteiger partial charge in [-0.15, -0.1) is 0 Å². The monoisotopic (exact) mass is 286 g/mol. The van der Waals surface area contributed by atoms with Gasteiger partial charge in [0.2, 0.25) is 0 Å². The Morgan fingerprint density at radius 3 is 2.60 bits per heavy atom. The molecule has 1 aromatic carbocycles. The molecule has 0 aliphatic carbocycles. The number of hydrogen-bond acceptors (Lipinski definition) is 3. The zero-order valence-corrected chi connectivity index (χ0v) is 13.0. The van der Waals surface area contributed by atoms with Crippen molar-refractivity contribution in [2.24, 2.45) is 0 Å². The highest BCUT2D eigenvalue weighted by molar-refractivity contribution is 7.97. The van der Waals surface area contributed by atoms with E-state index in [9.17, 15) is 0 Å². The normalized spacial score (nSPS) is 10.5. The molecule has 0 amide bonds. The molecule has 3 heteroatoms. The molecule has 0 atom stereocenters. The van der Waals surface area contributed by atoms with E-state index in [4.69, 9.17) is 0 Å². The number of hydrogen-bond donors (Lipinski definition) is 1. The van der Waals surface area contributed by atoms with Crippen LogP contribution in [0.5, 0.6) is 0 Å². The first-order valence-electron chi connectivity index (χ1n) is 7.11. The minimum atomic E-state index is 0.979. The largest absolute Gasteiger partial charge is 0.370 e. The third-order valence-electron chi connectivity index (χ3n) is 3.21. The molecular weight excluding hydrogens is 264 g/mol. The summed E-state index contributed by atoms with van der Waals surface area (Å²) >= 11 is 1.94. The third kappa shape index (κ3) is 4.27. The molecule has 106 valence electrons. The van der Waals surface area contributed by atoms with Crippen molar-refractivity contribution in [2.45, 2.75) is 31.8 Å². The van der Waals surface area contributed by atoms with Gasteiger partial charge in [-0.1, -0.05) is 37.3 Å². The van der Waals surface area contributed by atoms with Crippen LogP contribution in [0.1, 0.15) is 30.0 Å². The maximum atomic E-state index is 4.43. The average molecular weight is 286 g/mol. The molecule has 2 aromatic rings. The Labute approximate surface area is 126 Å². The summed E-state index contributed by atoms with van der Waals surface area (Å²) in [5, 5.41) is 3.40. The maximum absolute atomic E-state index is 4.43. The second kappa shape index (κ2) is 7.95. The Morgan fingerprint density at radius 2 is 1.80 bits per heavy atom. The summed E-state index contributed by atoms with van der Waals surface area (Å²) < 4.78 is 0. The zero-order valence-electron chi connectivity index (χ0n) is 12.2. The van der Waals surface area contributed by atoms with E-state index in [2.05, 4.69) is 54.5 Å². The Morgan fingerprint density at radius 1 is 1.05 bits per heavy atom. The number of thioether (sulfide) groups is 1. The minimum Gasteiger partial charge on any atom is -0.370 e. The van der Waals surface area contributed by atoms with Crippen LogP contribution in [-0.4, -0.2) is 11.5 Å². The van der Waals surface area contributed by atoms with Crippen molar-refractivity contribution < 1.29 is 0 Å². The zero-order chi connectivity index (χ0) is 14.2. The minimum absolute atomic E-state index is 0.979. The predicted molar refractivity (Wildman–Crippen MR) is 89.2 cm³/mol. The van der Waals surface area contributed by atoms with Crippen LogP contribution < -0.4 is 5.32 Å². The molecule has 1 aromatic heterocycles. The van der Waals surface area contributed by atoms with Crippen molar-refractivity contribution in [1.29, 1.82) is 0 Å². The third-order valence-corrected chi connectivity index (χ3v) is 4.24. The number of anilines is 1. The fourth-order valence-electron chi connectivity index (χ4n) is 2.00. The van der Waals surface area contributed by atoms with Gasteiger partial charge in [-0.3, -0.25) is 0 Å². The van der Waals surface area contributed by atoms with Gasteiger partial charge in [-0.05, 0) is 30.5 Å². The van der Waals surface area contributed by atoms with E-state index in [1.165, 1.54) is 16.7 Å². The molecule has 2 rings (SSSR count). The molecular formula is C17H22N2S. The Bertz CT molecular complexity index is 540. The SMILES string of the molecule is CCCNc1ncccc1CSCc1ccccc1C. The molecule has 0 aliphatic heterocycles. The van der Waals surface area contributed by atoms with Gasteiger partial charge in [0.25, 0.3) is 0 Å². The number of nitrogens with zero attached hydrogens (tertiary/aromatic N) is 1. The van der Waals surface area contributed by atoms with Crippen LogP contribution in [0, 0.1) is 6.92 Å². The smallest absolute Gasteiger partial charge is 0.129 e. The van der Waals surface area contributed by atoms with Crippen LogP contribution >= 0.6 is 11.8 Å². The number of nitrogens with one attached hydrogen (secondary N) is 1. The van der Waals surface area contributed by atoms with E-state index >= 15 is 0 Å². The molecule has 2 nitrogen and oxygen atoms in total. The molecule has 0 radical (unpaired) electrons. The first-order chi connectivity index (χ1) is 9.81. The van der Waals surface area contributed by atoms with Crippen LogP contribution in [-0.2, 0) is 11.5 Å². The first-order valence-corrected chi connectivity index (χ1v) is 8.26. The predicted octanol–water partition coefficient (Wildman–Crippen LogP) is 4.65. The molecule has 0 spiro atoms. The molecule has 20 heavy (non-hydrogen) atoms. The van der Waals surface area contributed by atoms with Crippen LogP contribution in [0.2, 0.25) is 0 Å². The van der Waals surface area contributed by atoms with Crippen LogP contribution in [0.25, 0.3) is 0 Å². The molecule has 0 saturated carbocycles. The fraction of sp³-hybridized carbons (Fsp3) is 0.353. The second-order valence-corrected chi connectivity index (χ2v) is 5.84. The van der Waals surface area contributed by atoms with E-state index in [1.807, 2.05) is 24.0 Å². The molecule has 0 aliphatic rings. The summed E-state index contributed by atoms with van der Waals surface area (Å²) in [6.45, 7) is 5.32. The van der Waals surface area contributed by atoms with E-state index < -0.39 is 0 Å². The van der Waals surface area contributed by atoms with Crippen molar-refractivity contribution in [1.82, 2.24) is 4.98 Å². The summed E-state index contributed by atoms with van der Waals surface area (Å²) in [6.07, 6.45) is 2.97. The quantitative estimate of drug-likeness (QED) is 0.802. The van der Waals surface area contributed by atoms with E-state index in [1.54, 1.807) is 0 Å². The van der Waals surface area contributed by atoms with Gasteiger partial charge in [0, 0.05) is 29.8 Å². The first kappa shape index (κ1) is 14.9. The molecule has 1 N–H and O–H groups in total. The molecule has 0 fully saturated rings. The van der Waals surface area contributed by atoms with Gasteiger partial charge in [0.05, 0.1) is 0 Å². The second-order valence-electron chi connectivity index (χ2n) is 4.86. The topological polar surface area (TPSA) is 24.9 Å². The van der Waals surface area contributed by atoms with Crippen LogP contribution in [0.3, 0.4) is 0 Å². The molecule has 0 bridgehead atoms. The number of pyridine rings is 1. The Kier molecular flexibility index (Phi) is 5.93. The maximum Gasteiger partial charge on any atom is 0.129 e. The highest BCUT2D eigenvalue weighted by atomic mass is 32.2. The Balaban J connectivity index is 1.92. The molecule has 1 heterocycles. The number of aromatic nitrogens is 1. The average Bonchev–Trinajstić information content (AvgIpc) is 2.48. The van der Waals surface area contributed by atoms with Gasteiger partial charge >= 0.3 is 0 Å². The lowest BCUT2D eigenvalue weighted by Gasteiger charge is -2.10. The molecule has 0 saturated heterocycles. The van der Waals surface area contributed by atoms with E-state index in [0.29, 0.717) is 0 Å². The number of benzene rings is 1. The summed E-state index contributed by atoms with van der Waals surface area (Å²) in [4.78, 5) is 4.43. The van der Waals surface area contributed by atoms with Crippen molar-refractivity contribution in [3.8, 4) is 0 Å². The lowest BCUT2D eigenvalue weighted by Crippen LogP contribution is -2.04. The van der Waals surface area contributed by atoms with Gasteiger partial charge in [-0.2, -0.15) is 11.8 Å². The van der Waals surface area contributed by atoms with Gasteiger partial charge in [-0.25, -0.2) is 4.98 Å². The standard InChI is InChI=1S/C17H22N2S/c1-3-10-18-17-16(9-6-11-19-17)13-20-12-15-8-5-4-7-14(15)2/h4-9,11H,3,10,12-13H2,1-2H3,(H,18,19). The highest BCUT2D eigenvalue weighted by Gasteiger charge is 2.03. The van der Waals surface area contributed by atoms with Crippen molar-refractivity contribution in [2.75, 3.05) is 11.9 Å². The number of aryl methyl sites for hydroxylation is 1. The van der Waals surface area contributed by atoms with Gasteiger partial charge in [0.15, 0.2) is 0 Å². The van der Waals surface area contributed by atoms with Gasteiger partial charge in [0.1, 0.15) is 5.82 Å². The Hall–Kier alpha value is -1.48. The van der Waals surface area contributed by atoms with Crippen molar-refractivity contribution in [3.63, 3.8) is 0 Å². The summed E-state index contributed by atoms with van der Waals surface area (Å²) in [5.74, 6) is 3.08. The molecule has 0 unspecified atom stereocenters. The van der Waals surface area contributed by atoms with E-state index in [-0.39, 0.29) is 0 Å². The van der Waals surface area contributed by atoms with Crippen molar-refractivity contribution >= 4 is 17.6 Å². The highest BCUT2D eigenvalue weighted by Crippen LogP contribution is 2.23. The summed E-state index contributed by atoms with van der Waals surface area (Å²) in [5.41, 5.74) is 4.08. The lowest BCUT2D eigenvalue weighted by atomic mass is 10.1. The van der Waals surface area contributed by atoms with Crippen LogP contribution in [0.15, 0.2) is 42.6 Å². The summed E-state index contributed by atoms with van der Waals surface area (Å²) in [7, 11) is 0. The fourth-order valence-corrected chi connectivity index (χ4v) is 3.10.